The van der Waals surface area contributed by atoms with Crippen LogP contribution in [-0.4, -0.2) is 9.67 Å². The Bertz CT molecular complexity index is 473. The number of fused-ring (bicyclic) bond motifs is 1. The van der Waals surface area contributed by atoms with Crippen LogP contribution >= 0.6 is 15.9 Å². The van der Waals surface area contributed by atoms with Gasteiger partial charge in [0.15, 0.2) is 0 Å². The Morgan fingerprint density at radius 2 is 2.08 bits per heavy atom. The number of hydrogen-bond acceptors (Lipinski definition) is 1. The van der Waals surface area contributed by atoms with Gasteiger partial charge in [0.25, 0.3) is 0 Å². The summed E-state index contributed by atoms with van der Waals surface area (Å²) in [6, 6.07) is 5.55. The summed E-state index contributed by atoms with van der Waals surface area (Å²) in [5.74, 6) is 0.344. The van der Waals surface area contributed by atoms with Crippen molar-refractivity contribution in [2.75, 3.05) is 0 Å². The molecule has 2 rings (SSSR count). The second kappa shape index (κ2) is 2.77. The molecule has 2 aromatic rings. The van der Waals surface area contributed by atoms with Crippen LogP contribution in [-0.2, 0) is 7.05 Å². The van der Waals surface area contributed by atoms with Crippen LogP contribution in [0.4, 0.5) is 0 Å². The Kier molecular flexibility index (Phi) is 1.84. The number of hydrogen-bond donors (Lipinski definition) is 1. The van der Waals surface area contributed by atoms with E-state index in [1.54, 1.807) is 6.07 Å². The van der Waals surface area contributed by atoms with Gasteiger partial charge in [-0.1, -0.05) is 6.07 Å². The van der Waals surface area contributed by atoms with Crippen LogP contribution in [0.15, 0.2) is 22.8 Å². The molecule has 0 unspecified atom stereocenters. The number of phenols is 1. The number of aryl methyl sites for hydroxylation is 2. The fourth-order valence-electron chi connectivity index (χ4n) is 1.65. The highest BCUT2D eigenvalue weighted by Crippen LogP contribution is 2.34. The van der Waals surface area contributed by atoms with Gasteiger partial charge in [0, 0.05) is 12.4 Å². The summed E-state index contributed by atoms with van der Waals surface area (Å²) >= 11 is 3.48. The number of nitrogens with zero attached hydrogens (tertiary/aromatic N) is 1. The Morgan fingerprint density at radius 1 is 1.38 bits per heavy atom. The van der Waals surface area contributed by atoms with Gasteiger partial charge in [-0.2, -0.15) is 0 Å². The number of halogens is 1. The van der Waals surface area contributed by atoms with Gasteiger partial charge in [0.05, 0.1) is 10.1 Å². The molecule has 1 heterocycles. The quantitative estimate of drug-likeness (QED) is 0.752. The van der Waals surface area contributed by atoms with Gasteiger partial charge < -0.3 is 9.67 Å². The van der Waals surface area contributed by atoms with E-state index < -0.39 is 0 Å². The van der Waals surface area contributed by atoms with Gasteiger partial charge in [-0.3, -0.25) is 0 Å². The molecule has 0 atom stereocenters. The van der Waals surface area contributed by atoms with E-state index in [-0.39, 0.29) is 0 Å². The molecule has 0 aliphatic heterocycles. The lowest BCUT2D eigenvalue weighted by Gasteiger charge is -1.97. The topological polar surface area (TPSA) is 25.2 Å². The maximum Gasteiger partial charge on any atom is 0.125 e. The Balaban J connectivity index is 3.03. The molecule has 13 heavy (non-hydrogen) atoms. The maximum absolute atomic E-state index is 9.66. The van der Waals surface area contributed by atoms with Gasteiger partial charge >= 0.3 is 0 Å². The summed E-state index contributed by atoms with van der Waals surface area (Å²) in [6.07, 6.45) is 0. The molecule has 3 heteroatoms. The van der Waals surface area contributed by atoms with E-state index in [2.05, 4.69) is 15.9 Å². The van der Waals surface area contributed by atoms with Gasteiger partial charge in [0.2, 0.25) is 0 Å². The van der Waals surface area contributed by atoms with Gasteiger partial charge in [-0.05, 0) is 40.5 Å². The van der Waals surface area contributed by atoms with Crippen molar-refractivity contribution in [2.24, 2.45) is 7.05 Å². The van der Waals surface area contributed by atoms with Gasteiger partial charge in [-0.25, -0.2) is 0 Å². The lowest BCUT2D eigenvalue weighted by Crippen LogP contribution is -1.85. The number of rotatable bonds is 0. The number of benzene rings is 1. The zero-order chi connectivity index (χ0) is 9.59. The second-order valence-electron chi connectivity index (χ2n) is 3.15. The zero-order valence-electron chi connectivity index (χ0n) is 7.50. The van der Waals surface area contributed by atoms with Crippen molar-refractivity contribution in [3.8, 4) is 5.75 Å². The predicted molar refractivity (Wildman–Crippen MR) is 57.0 cm³/mol. The fourth-order valence-corrected chi connectivity index (χ4v) is 2.04. The Labute approximate surface area is 84.9 Å². The van der Waals surface area contributed by atoms with Crippen LogP contribution < -0.4 is 0 Å². The monoisotopic (exact) mass is 239 g/mol. The molecule has 1 aromatic carbocycles. The van der Waals surface area contributed by atoms with E-state index in [1.165, 1.54) is 0 Å². The maximum atomic E-state index is 9.66. The third-order valence-corrected chi connectivity index (χ3v) is 3.49. The number of aromatic hydroxyl groups is 1. The average Bonchev–Trinajstić information content (AvgIpc) is 2.33. The van der Waals surface area contributed by atoms with Crippen molar-refractivity contribution in [3.63, 3.8) is 0 Å². The first kappa shape index (κ1) is 8.63. The summed E-state index contributed by atoms with van der Waals surface area (Å²) in [6.45, 7) is 1.99. The molecule has 1 N–H and O–H groups in total. The molecule has 0 aliphatic rings. The Morgan fingerprint density at radius 3 is 2.69 bits per heavy atom. The van der Waals surface area contributed by atoms with E-state index in [0.29, 0.717) is 5.75 Å². The van der Waals surface area contributed by atoms with Crippen molar-refractivity contribution in [2.45, 2.75) is 6.92 Å². The van der Waals surface area contributed by atoms with Crippen LogP contribution in [0, 0.1) is 6.92 Å². The highest BCUT2D eigenvalue weighted by Gasteiger charge is 2.11. The van der Waals surface area contributed by atoms with E-state index in [4.69, 9.17) is 0 Å². The molecule has 1 aromatic heterocycles. The molecule has 68 valence electrons. The lowest BCUT2D eigenvalue weighted by molar-refractivity contribution is 0.481. The summed E-state index contributed by atoms with van der Waals surface area (Å²) in [5.41, 5.74) is 2.12. The van der Waals surface area contributed by atoms with Gasteiger partial charge in [-0.15, -0.1) is 0 Å². The summed E-state index contributed by atoms with van der Waals surface area (Å²) in [7, 11) is 1.97. The molecule has 0 saturated heterocycles. The molecule has 0 spiro atoms. The first-order valence-corrected chi connectivity index (χ1v) is 4.84. The molecule has 0 fully saturated rings. The molecule has 0 aliphatic carbocycles. The second-order valence-corrected chi connectivity index (χ2v) is 3.90. The summed E-state index contributed by atoms with van der Waals surface area (Å²) in [4.78, 5) is 0. The van der Waals surface area contributed by atoms with E-state index >= 15 is 0 Å². The minimum absolute atomic E-state index is 0.344. The molecular formula is C10H10BrNO. The fraction of sp³-hybridized carbons (Fsp3) is 0.200. The van der Waals surface area contributed by atoms with E-state index in [9.17, 15) is 5.11 Å². The number of aromatic nitrogens is 1. The minimum atomic E-state index is 0.344. The van der Waals surface area contributed by atoms with Crippen molar-refractivity contribution < 1.29 is 5.11 Å². The normalized spacial score (nSPS) is 11.0. The van der Waals surface area contributed by atoms with Crippen molar-refractivity contribution >= 4 is 26.8 Å². The largest absolute Gasteiger partial charge is 0.507 e. The van der Waals surface area contributed by atoms with Crippen LogP contribution in [0.25, 0.3) is 10.9 Å². The Hall–Kier alpha value is -0.960. The zero-order valence-corrected chi connectivity index (χ0v) is 9.09. The molecule has 0 amide bonds. The smallest absolute Gasteiger partial charge is 0.125 e. The lowest BCUT2D eigenvalue weighted by atomic mass is 10.2. The molecule has 2 nitrogen and oxygen atoms in total. The van der Waals surface area contributed by atoms with Crippen molar-refractivity contribution in [1.82, 2.24) is 4.57 Å². The van der Waals surface area contributed by atoms with Crippen molar-refractivity contribution in [1.29, 1.82) is 0 Å². The van der Waals surface area contributed by atoms with E-state index in [1.807, 2.05) is 30.7 Å². The summed E-state index contributed by atoms with van der Waals surface area (Å²) in [5, 5.41) is 10.6. The van der Waals surface area contributed by atoms with Crippen LogP contribution in [0.5, 0.6) is 5.75 Å². The van der Waals surface area contributed by atoms with E-state index in [0.717, 1.165) is 21.1 Å². The number of phenolic OH excluding ortho intramolecular Hbond substituents is 1. The van der Waals surface area contributed by atoms with Crippen molar-refractivity contribution in [3.05, 3.63) is 28.4 Å². The third kappa shape index (κ3) is 1.07. The SMILES string of the molecule is Cc1c(Br)n(C)c2cccc(O)c12. The molecular weight excluding hydrogens is 230 g/mol. The average molecular weight is 240 g/mol. The van der Waals surface area contributed by atoms with Crippen LogP contribution in [0.1, 0.15) is 5.56 Å². The molecule has 0 saturated carbocycles. The third-order valence-electron chi connectivity index (χ3n) is 2.36. The first-order chi connectivity index (χ1) is 6.13. The minimum Gasteiger partial charge on any atom is -0.507 e. The molecule has 0 bridgehead atoms. The standard InChI is InChI=1S/C10H10BrNO/c1-6-9-7(12(2)10(6)11)4-3-5-8(9)13/h3-5,13H,1-2H3. The highest BCUT2D eigenvalue weighted by atomic mass is 79.9. The van der Waals surface area contributed by atoms with Gasteiger partial charge in [0.1, 0.15) is 5.75 Å². The first-order valence-electron chi connectivity index (χ1n) is 4.05. The highest BCUT2D eigenvalue weighted by molar-refractivity contribution is 9.10. The predicted octanol–water partition coefficient (Wildman–Crippen LogP) is 2.95. The van der Waals surface area contributed by atoms with Crippen LogP contribution in [0.3, 0.4) is 0 Å². The molecule has 0 radical (unpaired) electrons. The van der Waals surface area contributed by atoms with Crippen LogP contribution in [0.2, 0.25) is 0 Å². The summed E-state index contributed by atoms with van der Waals surface area (Å²) < 4.78 is 3.04.